The largest absolute Gasteiger partial charge is 0.451 e. The van der Waals surface area contributed by atoms with Crippen molar-refractivity contribution < 1.29 is 9.53 Å². The van der Waals surface area contributed by atoms with Crippen LogP contribution in [0.3, 0.4) is 0 Å². The molecule has 1 fully saturated rings. The number of allylic oxidation sites excluding steroid dienone is 3. The molecule has 0 atom stereocenters. The van der Waals surface area contributed by atoms with Gasteiger partial charge >= 0.3 is 5.97 Å². The van der Waals surface area contributed by atoms with Crippen LogP contribution in [-0.2, 0) is 15.1 Å². The Morgan fingerprint density at radius 3 is 2.55 bits per heavy atom. The molecule has 1 aromatic rings. The molecule has 1 aromatic carbocycles. The molecule has 0 amide bonds. The number of ether oxygens (including phenoxy) is 1. The molecule has 0 radical (unpaired) electrons. The maximum atomic E-state index is 12.0. The number of piperidine rings is 1. The van der Waals surface area contributed by atoms with Crippen molar-refractivity contribution in [3.8, 4) is 0 Å². The van der Waals surface area contributed by atoms with Crippen LogP contribution in [0.5, 0.6) is 0 Å². The summed E-state index contributed by atoms with van der Waals surface area (Å²) in [5, 5.41) is 3.31. The number of rotatable bonds is 4. The van der Waals surface area contributed by atoms with Crippen molar-refractivity contribution in [2.75, 3.05) is 13.1 Å². The quantitative estimate of drug-likeness (QED) is 0.520. The molecule has 0 spiro atoms. The minimum atomic E-state index is -0.496. The number of esters is 1. The molecule has 1 aliphatic rings. The van der Waals surface area contributed by atoms with Gasteiger partial charge in [0.05, 0.1) is 0 Å². The van der Waals surface area contributed by atoms with Crippen LogP contribution in [0, 0.1) is 0 Å². The highest BCUT2D eigenvalue weighted by Crippen LogP contribution is 2.34. The summed E-state index contributed by atoms with van der Waals surface area (Å²) in [4.78, 5) is 12.0. The molecule has 1 aliphatic heterocycles. The zero-order valence-corrected chi connectivity index (χ0v) is 11.8. The molecule has 0 aromatic heterocycles. The average molecular weight is 271 g/mol. The lowest BCUT2D eigenvalue weighted by atomic mass is 9.85. The summed E-state index contributed by atoms with van der Waals surface area (Å²) < 4.78 is 5.81. The van der Waals surface area contributed by atoms with Crippen LogP contribution in [-0.4, -0.2) is 19.1 Å². The molecule has 3 heteroatoms. The minimum Gasteiger partial charge on any atom is -0.451 e. The van der Waals surface area contributed by atoms with Crippen molar-refractivity contribution in [3.05, 3.63) is 60.2 Å². The Morgan fingerprint density at radius 2 is 1.90 bits per heavy atom. The van der Waals surface area contributed by atoms with Gasteiger partial charge in [-0.05, 0) is 25.6 Å². The monoisotopic (exact) mass is 271 g/mol. The summed E-state index contributed by atoms with van der Waals surface area (Å²) in [6.45, 7) is 3.63. The Hall–Kier alpha value is -1.87. The van der Waals surface area contributed by atoms with Gasteiger partial charge in [0.15, 0.2) is 0 Å². The maximum absolute atomic E-state index is 12.0. The Labute approximate surface area is 120 Å². The summed E-state index contributed by atoms with van der Waals surface area (Å²) in [5.41, 5.74) is 0.582. The molecule has 0 unspecified atom stereocenters. The molecule has 106 valence electrons. The summed E-state index contributed by atoms with van der Waals surface area (Å²) >= 11 is 0. The number of hydrogen-bond donors (Lipinski definition) is 1. The lowest BCUT2D eigenvalue weighted by Gasteiger charge is -2.37. The van der Waals surface area contributed by atoms with E-state index >= 15 is 0 Å². The first kappa shape index (κ1) is 14.5. The lowest BCUT2D eigenvalue weighted by molar-refractivity contribution is -0.157. The molecule has 1 saturated heterocycles. The standard InChI is InChI=1S/C17H21NO2/c1-2-3-5-10-16(19)20-17(11-13-18-14-12-17)15-8-6-4-7-9-15/h2-10,18H,11-14H2,1H3/b3-2+,10-5+. The van der Waals surface area contributed by atoms with Crippen molar-refractivity contribution in [2.45, 2.75) is 25.4 Å². The molecule has 3 nitrogen and oxygen atoms in total. The first-order chi connectivity index (χ1) is 9.77. The predicted molar refractivity (Wildman–Crippen MR) is 80.3 cm³/mol. The van der Waals surface area contributed by atoms with E-state index < -0.39 is 5.60 Å². The van der Waals surface area contributed by atoms with E-state index in [4.69, 9.17) is 4.74 Å². The maximum Gasteiger partial charge on any atom is 0.331 e. The highest BCUT2D eigenvalue weighted by molar-refractivity contribution is 5.82. The molecule has 1 N–H and O–H groups in total. The summed E-state index contributed by atoms with van der Waals surface area (Å²) in [7, 11) is 0. The van der Waals surface area contributed by atoms with Gasteiger partial charge in [0.1, 0.15) is 5.60 Å². The molecular formula is C17H21NO2. The van der Waals surface area contributed by atoms with Crippen molar-refractivity contribution in [3.63, 3.8) is 0 Å². The Morgan fingerprint density at radius 1 is 1.20 bits per heavy atom. The summed E-state index contributed by atoms with van der Waals surface area (Å²) in [5.74, 6) is -0.283. The van der Waals surface area contributed by atoms with E-state index in [2.05, 4.69) is 5.32 Å². The van der Waals surface area contributed by atoms with E-state index in [0.717, 1.165) is 31.5 Å². The van der Waals surface area contributed by atoms with Crippen LogP contribution in [0.15, 0.2) is 54.6 Å². The van der Waals surface area contributed by atoms with Gasteiger partial charge in [-0.15, -0.1) is 0 Å². The van der Waals surface area contributed by atoms with E-state index in [1.54, 1.807) is 6.08 Å². The zero-order valence-electron chi connectivity index (χ0n) is 11.8. The van der Waals surface area contributed by atoms with E-state index in [0.29, 0.717) is 0 Å². The first-order valence-corrected chi connectivity index (χ1v) is 7.05. The lowest BCUT2D eigenvalue weighted by Crippen LogP contribution is -2.42. The Kier molecular flexibility index (Phi) is 5.13. The molecule has 2 rings (SSSR count). The van der Waals surface area contributed by atoms with Gasteiger partial charge in [-0.25, -0.2) is 4.79 Å². The third-order valence-corrected chi connectivity index (χ3v) is 3.54. The fraction of sp³-hybridized carbons (Fsp3) is 0.353. The number of benzene rings is 1. The van der Waals surface area contributed by atoms with E-state index in [1.807, 2.05) is 49.4 Å². The van der Waals surface area contributed by atoms with Gasteiger partial charge in [0.25, 0.3) is 0 Å². The predicted octanol–water partition coefficient (Wildman–Crippen LogP) is 2.94. The van der Waals surface area contributed by atoms with Crippen molar-refractivity contribution in [1.29, 1.82) is 0 Å². The van der Waals surface area contributed by atoms with E-state index in [1.165, 1.54) is 6.08 Å². The molecule has 0 aliphatic carbocycles. The van der Waals surface area contributed by atoms with Gasteiger partial charge in [0.2, 0.25) is 0 Å². The van der Waals surface area contributed by atoms with Crippen LogP contribution in [0.1, 0.15) is 25.3 Å². The smallest absolute Gasteiger partial charge is 0.331 e. The normalized spacial score (nSPS) is 18.4. The van der Waals surface area contributed by atoms with E-state index in [-0.39, 0.29) is 5.97 Å². The van der Waals surface area contributed by atoms with Crippen LogP contribution >= 0.6 is 0 Å². The molecule has 20 heavy (non-hydrogen) atoms. The van der Waals surface area contributed by atoms with Gasteiger partial charge < -0.3 is 10.1 Å². The number of carbonyl (C=O) groups excluding carboxylic acids is 1. The summed E-state index contributed by atoms with van der Waals surface area (Å²) in [6, 6.07) is 10.0. The summed E-state index contributed by atoms with van der Waals surface area (Å²) in [6.07, 6.45) is 8.50. The molecule has 0 saturated carbocycles. The second kappa shape index (κ2) is 7.06. The topological polar surface area (TPSA) is 38.3 Å². The number of carbonyl (C=O) groups is 1. The minimum absolute atomic E-state index is 0.283. The third-order valence-electron chi connectivity index (χ3n) is 3.54. The zero-order chi connectivity index (χ0) is 14.3. The second-order valence-electron chi connectivity index (χ2n) is 4.92. The van der Waals surface area contributed by atoms with Gasteiger partial charge in [-0.1, -0.05) is 48.6 Å². The van der Waals surface area contributed by atoms with Gasteiger partial charge in [0, 0.05) is 18.9 Å². The highest BCUT2D eigenvalue weighted by Gasteiger charge is 2.37. The highest BCUT2D eigenvalue weighted by atomic mass is 16.6. The third kappa shape index (κ3) is 3.58. The van der Waals surface area contributed by atoms with E-state index in [9.17, 15) is 4.79 Å². The van der Waals surface area contributed by atoms with Gasteiger partial charge in [-0.3, -0.25) is 0 Å². The first-order valence-electron chi connectivity index (χ1n) is 7.05. The number of nitrogens with one attached hydrogen (secondary N) is 1. The van der Waals surface area contributed by atoms with Crippen LogP contribution in [0.25, 0.3) is 0 Å². The van der Waals surface area contributed by atoms with Crippen molar-refractivity contribution >= 4 is 5.97 Å². The van der Waals surface area contributed by atoms with Crippen LogP contribution in [0.2, 0.25) is 0 Å². The van der Waals surface area contributed by atoms with Crippen LogP contribution < -0.4 is 5.32 Å². The SMILES string of the molecule is C/C=C/C=C/C(=O)OC1(c2ccccc2)CCNCC1. The van der Waals surface area contributed by atoms with Gasteiger partial charge in [-0.2, -0.15) is 0 Å². The van der Waals surface area contributed by atoms with Crippen LogP contribution in [0.4, 0.5) is 0 Å². The molecule has 0 bridgehead atoms. The molecular weight excluding hydrogens is 250 g/mol. The van der Waals surface area contributed by atoms with Crippen molar-refractivity contribution in [2.24, 2.45) is 0 Å². The fourth-order valence-corrected chi connectivity index (χ4v) is 2.49. The second-order valence-corrected chi connectivity index (χ2v) is 4.92. The number of hydrogen-bond acceptors (Lipinski definition) is 3. The van der Waals surface area contributed by atoms with Crippen molar-refractivity contribution in [1.82, 2.24) is 5.32 Å². The average Bonchev–Trinajstić information content (AvgIpc) is 2.49. The Bertz CT molecular complexity index is 485. The molecule has 1 heterocycles. The fourth-order valence-electron chi connectivity index (χ4n) is 2.49. The Balaban J connectivity index is 2.18.